The molecular weight excluding hydrogens is 393 g/mol. The molecular formula is C21H22IN. The topological polar surface area (TPSA) is 26.0 Å². The fourth-order valence-electron chi connectivity index (χ4n) is 3.10. The van der Waals surface area contributed by atoms with Crippen molar-refractivity contribution in [2.24, 2.45) is 5.73 Å². The normalized spacial score (nSPS) is 12.3. The minimum Gasteiger partial charge on any atom is -0.317 e. The molecule has 2 heteroatoms. The Kier molecular flexibility index (Phi) is 5.97. The van der Waals surface area contributed by atoms with Crippen LogP contribution in [-0.2, 0) is 5.54 Å². The zero-order chi connectivity index (χ0) is 15.4. The van der Waals surface area contributed by atoms with Gasteiger partial charge in [0.2, 0.25) is 0 Å². The van der Waals surface area contributed by atoms with Crippen LogP contribution in [0.2, 0.25) is 0 Å². The number of hydrogen-bond donors (Lipinski definition) is 1. The van der Waals surface area contributed by atoms with Crippen molar-refractivity contribution in [2.45, 2.75) is 18.4 Å². The maximum Gasteiger partial charge on any atom is 0.0732 e. The Balaban J connectivity index is 0.00000192. The van der Waals surface area contributed by atoms with Crippen molar-refractivity contribution in [1.29, 1.82) is 0 Å². The predicted molar refractivity (Wildman–Crippen MR) is 108 cm³/mol. The molecule has 0 aliphatic rings. The lowest BCUT2D eigenvalue weighted by molar-refractivity contribution is 0.448. The third kappa shape index (κ3) is 3.48. The van der Waals surface area contributed by atoms with Gasteiger partial charge in [-0.1, -0.05) is 97.9 Å². The van der Waals surface area contributed by atoms with Crippen LogP contribution < -0.4 is 5.73 Å². The second kappa shape index (κ2) is 7.75. The molecule has 0 radical (unpaired) electrons. The van der Waals surface area contributed by atoms with Crippen LogP contribution in [0, 0.1) is 0 Å². The summed E-state index contributed by atoms with van der Waals surface area (Å²) in [6.45, 7) is 2.20. The first-order valence-electron chi connectivity index (χ1n) is 7.68. The monoisotopic (exact) mass is 415 g/mol. The molecule has 3 aromatic carbocycles. The van der Waals surface area contributed by atoms with Crippen molar-refractivity contribution in [1.82, 2.24) is 0 Å². The largest absolute Gasteiger partial charge is 0.317 e. The van der Waals surface area contributed by atoms with Crippen molar-refractivity contribution >= 4 is 24.0 Å². The molecule has 0 spiro atoms. The summed E-state index contributed by atoms with van der Waals surface area (Å²) in [5.41, 5.74) is 9.99. The van der Waals surface area contributed by atoms with Crippen LogP contribution in [0.3, 0.4) is 0 Å². The van der Waals surface area contributed by atoms with Gasteiger partial charge >= 0.3 is 0 Å². The van der Waals surface area contributed by atoms with Gasteiger partial charge in [-0.15, -0.1) is 24.0 Å². The van der Waals surface area contributed by atoms with Gasteiger partial charge in [0.25, 0.3) is 0 Å². The average Bonchev–Trinajstić information content (AvgIpc) is 2.62. The Morgan fingerprint density at radius 2 is 1.00 bits per heavy atom. The second-order valence-electron chi connectivity index (χ2n) is 5.73. The van der Waals surface area contributed by atoms with Crippen LogP contribution in [0.1, 0.15) is 29.5 Å². The first kappa shape index (κ1) is 17.7. The summed E-state index contributed by atoms with van der Waals surface area (Å²) >= 11 is 0. The zero-order valence-corrected chi connectivity index (χ0v) is 15.6. The van der Waals surface area contributed by atoms with Gasteiger partial charge in [0, 0.05) is 5.92 Å². The van der Waals surface area contributed by atoms with Crippen molar-refractivity contribution in [3.05, 3.63) is 108 Å². The van der Waals surface area contributed by atoms with E-state index in [2.05, 4.69) is 79.7 Å². The van der Waals surface area contributed by atoms with Gasteiger partial charge in [-0.25, -0.2) is 0 Å². The fourth-order valence-corrected chi connectivity index (χ4v) is 3.10. The van der Waals surface area contributed by atoms with Gasteiger partial charge in [0.15, 0.2) is 0 Å². The van der Waals surface area contributed by atoms with Gasteiger partial charge in [-0.3, -0.25) is 0 Å². The smallest absolute Gasteiger partial charge is 0.0732 e. The van der Waals surface area contributed by atoms with Crippen molar-refractivity contribution < 1.29 is 0 Å². The molecule has 1 nitrogen and oxygen atoms in total. The SMILES string of the molecule is CC(c1ccccc1)C(N)(c1ccccc1)c1ccccc1.I. The van der Waals surface area contributed by atoms with Crippen LogP contribution in [0.5, 0.6) is 0 Å². The summed E-state index contributed by atoms with van der Waals surface area (Å²) < 4.78 is 0. The molecule has 3 aromatic rings. The molecule has 23 heavy (non-hydrogen) atoms. The van der Waals surface area contributed by atoms with E-state index in [-0.39, 0.29) is 29.9 Å². The molecule has 0 heterocycles. The fraction of sp³-hybridized carbons (Fsp3) is 0.143. The molecule has 118 valence electrons. The Morgan fingerprint density at radius 3 is 1.39 bits per heavy atom. The Hall–Kier alpha value is -1.65. The van der Waals surface area contributed by atoms with Crippen LogP contribution in [-0.4, -0.2) is 0 Å². The Labute approximate surface area is 155 Å². The molecule has 1 unspecified atom stereocenters. The third-order valence-corrected chi connectivity index (χ3v) is 4.49. The summed E-state index contributed by atoms with van der Waals surface area (Å²) in [5, 5.41) is 0. The number of halogens is 1. The molecule has 0 fully saturated rings. The van der Waals surface area contributed by atoms with Gasteiger partial charge in [-0.2, -0.15) is 0 Å². The molecule has 0 aliphatic heterocycles. The molecule has 1 atom stereocenters. The van der Waals surface area contributed by atoms with Crippen LogP contribution in [0.4, 0.5) is 0 Å². The summed E-state index contributed by atoms with van der Waals surface area (Å²) in [5.74, 6) is 0.165. The molecule has 0 saturated carbocycles. The Morgan fingerprint density at radius 1 is 0.652 bits per heavy atom. The van der Waals surface area contributed by atoms with Crippen molar-refractivity contribution in [3.63, 3.8) is 0 Å². The summed E-state index contributed by atoms with van der Waals surface area (Å²) in [7, 11) is 0. The molecule has 0 aliphatic carbocycles. The first-order valence-corrected chi connectivity index (χ1v) is 7.68. The summed E-state index contributed by atoms with van der Waals surface area (Å²) in [4.78, 5) is 0. The van der Waals surface area contributed by atoms with Crippen LogP contribution in [0.25, 0.3) is 0 Å². The molecule has 0 aromatic heterocycles. The summed E-state index contributed by atoms with van der Waals surface area (Å²) in [6.07, 6.45) is 0. The maximum absolute atomic E-state index is 7.02. The molecule has 3 rings (SSSR count). The minimum atomic E-state index is -0.552. The highest BCUT2D eigenvalue weighted by atomic mass is 127. The van der Waals surface area contributed by atoms with E-state index in [0.29, 0.717) is 0 Å². The standard InChI is InChI=1S/C21H21N.HI/c1-17(18-11-5-2-6-12-18)21(22,19-13-7-3-8-14-19)20-15-9-4-10-16-20;/h2-17H,22H2,1H3;1H. The minimum absolute atomic E-state index is 0. The van der Waals surface area contributed by atoms with E-state index in [1.807, 2.05) is 18.2 Å². The van der Waals surface area contributed by atoms with E-state index >= 15 is 0 Å². The molecule has 0 bridgehead atoms. The van der Waals surface area contributed by atoms with E-state index in [9.17, 15) is 0 Å². The highest BCUT2D eigenvalue weighted by molar-refractivity contribution is 14.0. The highest BCUT2D eigenvalue weighted by Gasteiger charge is 2.36. The third-order valence-electron chi connectivity index (χ3n) is 4.49. The molecule has 0 amide bonds. The lowest BCUT2D eigenvalue weighted by Gasteiger charge is -2.37. The zero-order valence-electron chi connectivity index (χ0n) is 13.2. The van der Waals surface area contributed by atoms with E-state index in [1.54, 1.807) is 0 Å². The first-order chi connectivity index (χ1) is 10.7. The van der Waals surface area contributed by atoms with Gasteiger partial charge in [0.1, 0.15) is 0 Å². The second-order valence-corrected chi connectivity index (χ2v) is 5.73. The van der Waals surface area contributed by atoms with Crippen molar-refractivity contribution in [2.75, 3.05) is 0 Å². The van der Waals surface area contributed by atoms with Gasteiger partial charge < -0.3 is 5.73 Å². The van der Waals surface area contributed by atoms with Gasteiger partial charge in [-0.05, 0) is 16.7 Å². The van der Waals surface area contributed by atoms with Crippen molar-refractivity contribution in [3.8, 4) is 0 Å². The average molecular weight is 415 g/mol. The van der Waals surface area contributed by atoms with Crippen LogP contribution in [0.15, 0.2) is 91.0 Å². The lowest BCUT2D eigenvalue weighted by atomic mass is 9.72. The lowest BCUT2D eigenvalue weighted by Crippen LogP contribution is -2.43. The van der Waals surface area contributed by atoms with Crippen LogP contribution >= 0.6 is 24.0 Å². The molecule has 0 saturated heterocycles. The quantitative estimate of drug-likeness (QED) is 0.575. The van der Waals surface area contributed by atoms with E-state index in [0.717, 1.165) is 11.1 Å². The maximum atomic E-state index is 7.02. The van der Waals surface area contributed by atoms with Gasteiger partial charge in [0.05, 0.1) is 5.54 Å². The highest BCUT2D eigenvalue weighted by Crippen LogP contribution is 2.39. The number of benzene rings is 3. The predicted octanol–water partition coefficient (Wildman–Crippen LogP) is 5.31. The number of rotatable bonds is 4. The van der Waals surface area contributed by atoms with E-state index < -0.39 is 5.54 Å². The van der Waals surface area contributed by atoms with E-state index in [1.165, 1.54) is 5.56 Å². The number of hydrogen-bond acceptors (Lipinski definition) is 1. The number of nitrogens with two attached hydrogens (primary N) is 1. The summed E-state index contributed by atoms with van der Waals surface area (Å²) in [6, 6.07) is 31.2. The molecule has 2 N–H and O–H groups in total. The van der Waals surface area contributed by atoms with E-state index in [4.69, 9.17) is 5.73 Å². The Bertz CT molecular complexity index is 671.